The highest BCUT2D eigenvalue weighted by atomic mass is 32.1. The van der Waals surface area contributed by atoms with Gasteiger partial charge < -0.3 is 19.7 Å². The maximum atomic E-state index is 12.0. The number of hydrogen-bond donors (Lipinski definition) is 1. The zero-order chi connectivity index (χ0) is 18.6. The second kappa shape index (κ2) is 8.29. The average molecular weight is 364 g/mol. The van der Waals surface area contributed by atoms with Gasteiger partial charge in [-0.2, -0.15) is 0 Å². The lowest BCUT2D eigenvalue weighted by atomic mass is 9.98. The number of hydrogen-bond acceptors (Lipinski definition) is 5. The zero-order valence-electron chi connectivity index (χ0n) is 15.0. The van der Waals surface area contributed by atoms with Gasteiger partial charge in [0.1, 0.15) is 0 Å². The molecule has 1 aromatic carbocycles. The van der Waals surface area contributed by atoms with Crippen molar-refractivity contribution in [3.8, 4) is 0 Å². The highest BCUT2D eigenvalue weighted by Crippen LogP contribution is 2.25. The maximum Gasteiger partial charge on any atom is 0.339 e. The number of esters is 2. The first kappa shape index (κ1) is 19.2. The summed E-state index contributed by atoms with van der Waals surface area (Å²) in [6.07, 6.45) is 3.31. The van der Waals surface area contributed by atoms with E-state index in [1.165, 1.54) is 32.8 Å². The summed E-state index contributed by atoms with van der Waals surface area (Å²) >= 11 is 5.58. The van der Waals surface area contributed by atoms with Crippen LogP contribution in [0.25, 0.3) is 0 Å². The molecular formula is C18H24N2O4S. The van der Waals surface area contributed by atoms with Crippen LogP contribution in [-0.2, 0) is 9.47 Å². The standard InChI is InChI=1S/C18H24N2O4S/c1-11-6-5-7-12(2)20(11)18(25)19-15-10-13(16(21)23-3)8-9-14(15)17(22)24-4/h8-12H,5-7H2,1-4H3,(H,19,25). The minimum atomic E-state index is -0.499. The predicted molar refractivity (Wildman–Crippen MR) is 100.0 cm³/mol. The molecule has 0 radical (unpaired) electrons. The Labute approximate surface area is 153 Å². The van der Waals surface area contributed by atoms with Crippen LogP contribution in [0.4, 0.5) is 5.69 Å². The molecule has 7 heteroatoms. The SMILES string of the molecule is COC(=O)c1ccc(C(=O)OC)c(NC(=S)N2C(C)CCCC2C)c1. The van der Waals surface area contributed by atoms with E-state index in [4.69, 9.17) is 21.7 Å². The molecule has 0 aromatic heterocycles. The molecule has 6 nitrogen and oxygen atoms in total. The molecule has 0 amide bonds. The number of benzene rings is 1. The number of ether oxygens (including phenoxy) is 2. The second-order valence-electron chi connectivity index (χ2n) is 6.21. The van der Waals surface area contributed by atoms with Crippen molar-refractivity contribution >= 4 is 35.0 Å². The third kappa shape index (κ3) is 4.28. The first-order valence-corrected chi connectivity index (χ1v) is 8.69. The van der Waals surface area contributed by atoms with Gasteiger partial charge in [0.05, 0.1) is 31.0 Å². The summed E-state index contributed by atoms with van der Waals surface area (Å²) in [7, 11) is 2.62. The number of thiocarbonyl (C=S) groups is 1. The van der Waals surface area contributed by atoms with Crippen LogP contribution < -0.4 is 5.32 Å². The van der Waals surface area contributed by atoms with Crippen molar-refractivity contribution in [2.75, 3.05) is 19.5 Å². The topological polar surface area (TPSA) is 67.9 Å². The van der Waals surface area contributed by atoms with E-state index in [-0.39, 0.29) is 0 Å². The molecular weight excluding hydrogens is 340 g/mol. The number of rotatable bonds is 3. The molecule has 0 saturated carbocycles. The first-order valence-electron chi connectivity index (χ1n) is 8.29. The van der Waals surface area contributed by atoms with E-state index in [1.54, 1.807) is 6.07 Å². The smallest absolute Gasteiger partial charge is 0.339 e. The second-order valence-corrected chi connectivity index (χ2v) is 6.60. The molecule has 136 valence electrons. The van der Waals surface area contributed by atoms with Crippen LogP contribution in [0.3, 0.4) is 0 Å². The molecule has 2 rings (SSSR count). The first-order chi connectivity index (χ1) is 11.9. The van der Waals surface area contributed by atoms with Crippen molar-refractivity contribution in [3.05, 3.63) is 29.3 Å². The Morgan fingerprint density at radius 2 is 1.72 bits per heavy atom. The summed E-state index contributed by atoms with van der Waals surface area (Å²) in [6, 6.07) is 5.25. The number of nitrogens with zero attached hydrogens (tertiary/aromatic N) is 1. The van der Waals surface area contributed by atoms with E-state index >= 15 is 0 Å². The Morgan fingerprint density at radius 3 is 2.28 bits per heavy atom. The van der Waals surface area contributed by atoms with Crippen molar-refractivity contribution in [2.24, 2.45) is 0 Å². The molecule has 1 N–H and O–H groups in total. The van der Waals surface area contributed by atoms with Crippen LogP contribution in [0.1, 0.15) is 53.8 Å². The van der Waals surface area contributed by atoms with Crippen LogP contribution in [0.5, 0.6) is 0 Å². The van der Waals surface area contributed by atoms with E-state index in [0.717, 1.165) is 12.8 Å². The van der Waals surface area contributed by atoms with Crippen molar-refractivity contribution in [2.45, 2.75) is 45.2 Å². The maximum absolute atomic E-state index is 12.0. The van der Waals surface area contributed by atoms with Gasteiger partial charge in [-0.3, -0.25) is 0 Å². The van der Waals surface area contributed by atoms with Gasteiger partial charge in [0.25, 0.3) is 0 Å². The summed E-state index contributed by atoms with van der Waals surface area (Å²) in [5.74, 6) is -0.980. The molecule has 1 aromatic rings. The lowest BCUT2D eigenvalue weighted by Gasteiger charge is -2.41. The van der Waals surface area contributed by atoms with Gasteiger partial charge in [0, 0.05) is 12.1 Å². The van der Waals surface area contributed by atoms with Crippen LogP contribution in [0, 0.1) is 0 Å². The molecule has 1 fully saturated rings. The van der Waals surface area contributed by atoms with E-state index in [2.05, 4.69) is 24.1 Å². The van der Waals surface area contributed by atoms with Crippen LogP contribution in [0.2, 0.25) is 0 Å². The van der Waals surface area contributed by atoms with Gasteiger partial charge >= 0.3 is 11.9 Å². The molecule has 0 bridgehead atoms. The third-order valence-corrected chi connectivity index (χ3v) is 4.83. The number of anilines is 1. The summed E-state index contributed by atoms with van der Waals surface area (Å²) < 4.78 is 9.57. The van der Waals surface area contributed by atoms with Gasteiger partial charge in [-0.15, -0.1) is 0 Å². The number of piperidine rings is 1. The average Bonchev–Trinajstić information content (AvgIpc) is 2.60. The quantitative estimate of drug-likeness (QED) is 0.652. The van der Waals surface area contributed by atoms with E-state index < -0.39 is 11.9 Å². The summed E-state index contributed by atoms with van der Waals surface area (Å²) in [5.41, 5.74) is 1.08. The molecule has 1 heterocycles. The van der Waals surface area contributed by atoms with Gasteiger partial charge in [-0.1, -0.05) is 0 Å². The Balaban J connectivity index is 2.33. The fourth-order valence-corrected chi connectivity index (χ4v) is 3.65. The Morgan fingerprint density at radius 1 is 1.12 bits per heavy atom. The predicted octanol–water partition coefficient (Wildman–Crippen LogP) is 3.22. The van der Waals surface area contributed by atoms with Gasteiger partial charge in [0.15, 0.2) is 5.11 Å². The summed E-state index contributed by atoms with van der Waals surface area (Å²) in [5, 5.41) is 3.66. The summed E-state index contributed by atoms with van der Waals surface area (Å²) in [6.45, 7) is 4.27. The summed E-state index contributed by atoms with van der Waals surface area (Å²) in [4.78, 5) is 26.0. The van der Waals surface area contributed by atoms with Crippen LogP contribution >= 0.6 is 12.2 Å². The normalized spacial score (nSPS) is 19.9. The van der Waals surface area contributed by atoms with E-state index in [0.29, 0.717) is 34.0 Å². The van der Waals surface area contributed by atoms with E-state index in [9.17, 15) is 9.59 Å². The molecule has 1 aliphatic rings. The fraction of sp³-hybridized carbons (Fsp3) is 0.500. The number of carbonyl (C=O) groups is 2. The number of likely N-dealkylation sites (tertiary alicyclic amines) is 1. The molecule has 1 saturated heterocycles. The molecule has 1 aliphatic heterocycles. The van der Waals surface area contributed by atoms with Crippen LogP contribution in [-0.4, -0.2) is 48.3 Å². The number of carbonyl (C=O) groups excluding carboxylic acids is 2. The van der Waals surface area contributed by atoms with Gasteiger partial charge in [-0.05, 0) is 63.5 Å². The Hall–Kier alpha value is -2.15. The highest BCUT2D eigenvalue weighted by Gasteiger charge is 2.27. The Kier molecular flexibility index (Phi) is 6.36. The molecule has 2 atom stereocenters. The molecule has 25 heavy (non-hydrogen) atoms. The number of nitrogens with one attached hydrogen (secondary N) is 1. The highest BCUT2D eigenvalue weighted by molar-refractivity contribution is 7.80. The lowest BCUT2D eigenvalue weighted by Crippen LogP contribution is -2.49. The van der Waals surface area contributed by atoms with Gasteiger partial charge in [0.2, 0.25) is 0 Å². The minimum absolute atomic E-state index is 0.314. The lowest BCUT2D eigenvalue weighted by molar-refractivity contribution is 0.0587. The zero-order valence-corrected chi connectivity index (χ0v) is 15.8. The number of methoxy groups -OCH3 is 2. The van der Waals surface area contributed by atoms with E-state index in [1.807, 2.05) is 0 Å². The Bertz CT molecular complexity index is 667. The fourth-order valence-electron chi connectivity index (χ4n) is 3.18. The van der Waals surface area contributed by atoms with Crippen LogP contribution in [0.15, 0.2) is 18.2 Å². The molecule has 0 aliphatic carbocycles. The monoisotopic (exact) mass is 364 g/mol. The third-order valence-electron chi connectivity index (χ3n) is 4.52. The van der Waals surface area contributed by atoms with Crippen molar-refractivity contribution in [1.82, 2.24) is 4.90 Å². The van der Waals surface area contributed by atoms with Crippen molar-refractivity contribution in [3.63, 3.8) is 0 Å². The largest absolute Gasteiger partial charge is 0.465 e. The molecule has 2 unspecified atom stereocenters. The molecule has 0 spiro atoms. The van der Waals surface area contributed by atoms with Gasteiger partial charge in [-0.25, -0.2) is 9.59 Å². The van der Waals surface area contributed by atoms with Crippen molar-refractivity contribution < 1.29 is 19.1 Å². The minimum Gasteiger partial charge on any atom is -0.465 e. The van der Waals surface area contributed by atoms with Crippen molar-refractivity contribution in [1.29, 1.82) is 0 Å².